The van der Waals surface area contributed by atoms with Crippen LogP contribution in [0.5, 0.6) is 0 Å². The lowest BCUT2D eigenvalue weighted by Gasteiger charge is -2.01. The lowest BCUT2D eigenvalue weighted by Crippen LogP contribution is -1.88. The molecule has 0 aromatic carbocycles. The molecule has 0 aliphatic rings. The average molecular weight is 250 g/mol. The van der Waals surface area contributed by atoms with Crippen molar-refractivity contribution in [2.24, 2.45) is 0 Å². The highest BCUT2D eigenvalue weighted by Crippen LogP contribution is 2.09. The van der Waals surface area contributed by atoms with Crippen molar-refractivity contribution < 1.29 is 4.74 Å². The summed E-state index contributed by atoms with van der Waals surface area (Å²) in [6.07, 6.45) is 16.9. The second-order valence-corrected chi connectivity index (χ2v) is 4.70. The number of ether oxygens (including phenoxy) is 1. The monoisotopic (exact) mass is 250 g/mol. The van der Waals surface area contributed by atoms with Gasteiger partial charge >= 0.3 is 0 Å². The van der Waals surface area contributed by atoms with E-state index >= 15 is 0 Å². The Morgan fingerprint density at radius 3 is 2.11 bits per heavy atom. The molecule has 0 saturated heterocycles. The number of rotatable bonds is 11. The van der Waals surface area contributed by atoms with E-state index in [0.29, 0.717) is 0 Å². The van der Waals surface area contributed by atoms with E-state index in [2.05, 4.69) is 24.8 Å². The van der Waals surface area contributed by atoms with Crippen LogP contribution in [0.2, 0.25) is 0 Å². The summed E-state index contributed by atoms with van der Waals surface area (Å²) in [5.74, 6) is 6.27. The van der Waals surface area contributed by atoms with Crippen LogP contribution >= 0.6 is 0 Å². The van der Waals surface area contributed by atoms with Gasteiger partial charge in [-0.15, -0.1) is 0 Å². The zero-order valence-corrected chi connectivity index (χ0v) is 12.3. The number of unbranched alkanes of at least 4 members (excludes halogenated alkanes) is 8. The molecule has 0 rings (SSSR count). The van der Waals surface area contributed by atoms with Crippen LogP contribution in [-0.4, -0.2) is 13.7 Å². The Morgan fingerprint density at radius 1 is 0.889 bits per heavy atom. The molecule has 0 aliphatic carbocycles. The molecule has 0 heterocycles. The number of methoxy groups -OCH3 is 1. The van der Waals surface area contributed by atoms with Crippen molar-refractivity contribution in [2.45, 2.75) is 71.1 Å². The third-order valence-electron chi connectivity index (χ3n) is 2.94. The van der Waals surface area contributed by atoms with Crippen LogP contribution in [-0.2, 0) is 4.74 Å². The molecule has 0 bridgehead atoms. The van der Waals surface area contributed by atoms with Gasteiger partial charge in [0.15, 0.2) is 0 Å². The van der Waals surface area contributed by atoms with Gasteiger partial charge in [-0.3, -0.25) is 0 Å². The molecule has 0 aromatic heterocycles. The second-order valence-electron chi connectivity index (χ2n) is 4.70. The van der Waals surface area contributed by atoms with Gasteiger partial charge < -0.3 is 4.74 Å². The quantitative estimate of drug-likeness (QED) is 0.365. The van der Waals surface area contributed by atoms with Crippen LogP contribution in [0, 0.1) is 11.8 Å². The summed E-state index contributed by atoms with van der Waals surface area (Å²) >= 11 is 0. The van der Waals surface area contributed by atoms with Gasteiger partial charge in [0.25, 0.3) is 0 Å². The van der Waals surface area contributed by atoms with Crippen molar-refractivity contribution in [3.05, 3.63) is 12.2 Å². The first-order chi connectivity index (χ1) is 8.91. The van der Waals surface area contributed by atoms with E-state index in [9.17, 15) is 0 Å². The standard InChI is InChI=1S/C17H30O/c1-3-4-5-6-7-8-9-10-11-12-13-14-15-16-17-18-2/h4-5H,3,8-17H2,1-2H3/b5-4+. The SMILES string of the molecule is CC/C=C/C#CCCCCCCCCCCOC. The summed E-state index contributed by atoms with van der Waals surface area (Å²) in [4.78, 5) is 0. The topological polar surface area (TPSA) is 9.23 Å². The van der Waals surface area contributed by atoms with Crippen LogP contribution in [0.15, 0.2) is 12.2 Å². The Morgan fingerprint density at radius 2 is 1.50 bits per heavy atom. The normalized spacial score (nSPS) is 10.6. The van der Waals surface area contributed by atoms with Crippen molar-refractivity contribution >= 4 is 0 Å². The Hall–Kier alpha value is -0.740. The van der Waals surface area contributed by atoms with Crippen molar-refractivity contribution in [1.82, 2.24) is 0 Å². The summed E-state index contributed by atoms with van der Waals surface area (Å²) in [5, 5.41) is 0. The lowest BCUT2D eigenvalue weighted by atomic mass is 10.1. The van der Waals surface area contributed by atoms with E-state index < -0.39 is 0 Å². The molecule has 0 saturated carbocycles. The third-order valence-corrected chi connectivity index (χ3v) is 2.94. The summed E-state index contributed by atoms with van der Waals surface area (Å²) in [7, 11) is 1.78. The van der Waals surface area contributed by atoms with Crippen LogP contribution in [0.4, 0.5) is 0 Å². The van der Waals surface area contributed by atoms with E-state index in [1.807, 2.05) is 6.08 Å². The fraction of sp³-hybridized carbons (Fsp3) is 0.765. The molecule has 1 heteroatoms. The second kappa shape index (κ2) is 16.3. The first-order valence-electron chi connectivity index (χ1n) is 7.54. The smallest absolute Gasteiger partial charge is 0.0462 e. The van der Waals surface area contributed by atoms with Gasteiger partial charge in [0.2, 0.25) is 0 Å². The molecule has 0 atom stereocenters. The van der Waals surface area contributed by atoms with E-state index in [4.69, 9.17) is 4.74 Å². The minimum Gasteiger partial charge on any atom is -0.385 e. The molecule has 0 fully saturated rings. The zero-order chi connectivity index (χ0) is 13.3. The van der Waals surface area contributed by atoms with E-state index in [0.717, 1.165) is 19.4 Å². The fourth-order valence-corrected chi connectivity index (χ4v) is 1.83. The van der Waals surface area contributed by atoms with Gasteiger partial charge in [-0.05, 0) is 25.3 Å². The van der Waals surface area contributed by atoms with Gasteiger partial charge in [0, 0.05) is 20.1 Å². The molecule has 0 radical (unpaired) electrons. The highest BCUT2D eigenvalue weighted by Gasteiger charge is 1.91. The molecule has 104 valence electrons. The molecule has 0 N–H and O–H groups in total. The van der Waals surface area contributed by atoms with Crippen molar-refractivity contribution in [2.75, 3.05) is 13.7 Å². The lowest BCUT2D eigenvalue weighted by molar-refractivity contribution is 0.192. The molecule has 18 heavy (non-hydrogen) atoms. The maximum Gasteiger partial charge on any atom is 0.0462 e. The van der Waals surface area contributed by atoms with Crippen molar-refractivity contribution in [3.63, 3.8) is 0 Å². The van der Waals surface area contributed by atoms with E-state index in [-0.39, 0.29) is 0 Å². The molecule has 0 aliphatic heterocycles. The fourth-order valence-electron chi connectivity index (χ4n) is 1.83. The van der Waals surface area contributed by atoms with Gasteiger partial charge in [-0.1, -0.05) is 63.4 Å². The largest absolute Gasteiger partial charge is 0.385 e. The van der Waals surface area contributed by atoms with Gasteiger partial charge in [-0.25, -0.2) is 0 Å². The van der Waals surface area contributed by atoms with Gasteiger partial charge in [0.1, 0.15) is 0 Å². The van der Waals surface area contributed by atoms with Crippen LogP contribution in [0.3, 0.4) is 0 Å². The van der Waals surface area contributed by atoms with Gasteiger partial charge in [-0.2, -0.15) is 0 Å². The first-order valence-corrected chi connectivity index (χ1v) is 7.54. The molecular formula is C17H30O. The zero-order valence-electron chi connectivity index (χ0n) is 12.3. The number of allylic oxidation sites excluding steroid dienone is 2. The third kappa shape index (κ3) is 15.3. The Kier molecular flexibility index (Phi) is 15.6. The molecule has 0 spiro atoms. The molecule has 0 aromatic rings. The minimum absolute atomic E-state index is 0.922. The first kappa shape index (κ1) is 17.3. The Bertz CT molecular complexity index is 232. The predicted molar refractivity (Wildman–Crippen MR) is 80.6 cm³/mol. The maximum absolute atomic E-state index is 5.03. The molecule has 0 unspecified atom stereocenters. The summed E-state index contributed by atoms with van der Waals surface area (Å²) in [6, 6.07) is 0. The summed E-state index contributed by atoms with van der Waals surface area (Å²) in [6.45, 7) is 3.05. The van der Waals surface area contributed by atoms with Crippen molar-refractivity contribution in [3.8, 4) is 11.8 Å². The highest BCUT2D eigenvalue weighted by molar-refractivity contribution is 5.14. The maximum atomic E-state index is 5.03. The van der Waals surface area contributed by atoms with Crippen LogP contribution < -0.4 is 0 Å². The number of hydrogen-bond acceptors (Lipinski definition) is 1. The van der Waals surface area contributed by atoms with Crippen LogP contribution in [0.1, 0.15) is 71.1 Å². The highest BCUT2D eigenvalue weighted by atomic mass is 16.5. The van der Waals surface area contributed by atoms with Crippen molar-refractivity contribution in [1.29, 1.82) is 0 Å². The van der Waals surface area contributed by atoms with Gasteiger partial charge in [0.05, 0.1) is 0 Å². The predicted octanol–water partition coefficient (Wildman–Crippen LogP) is 5.11. The van der Waals surface area contributed by atoms with Crippen LogP contribution in [0.25, 0.3) is 0 Å². The Labute approximate surface area is 114 Å². The summed E-state index contributed by atoms with van der Waals surface area (Å²) < 4.78 is 5.03. The molecule has 0 amide bonds. The Balaban J connectivity index is 3.06. The summed E-state index contributed by atoms with van der Waals surface area (Å²) in [5.41, 5.74) is 0. The molecular weight excluding hydrogens is 220 g/mol. The van der Waals surface area contributed by atoms with E-state index in [1.165, 1.54) is 51.4 Å². The average Bonchev–Trinajstić information content (AvgIpc) is 2.39. The molecule has 1 nitrogen and oxygen atoms in total. The number of hydrogen-bond donors (Lipinski definition) is 0. The van der Waals surface area contributed by atoms with E-state index in [1.54, 1.807) is 7.11 Å². The minimum atomic E-state index is 0.922.